The Morgan fingerprint density at radius 1 is 0.276 bits per heavy atom. The lowest BCUT2D eigenvalue weighted by molar-refractivity contribution is 0.378. The normalized spacial score (nSPS) is 11.8. The molecule has 9 aromatic carbocycles. The summed E-state index contributed by atoms with van der Waals surface area (Å²) < 4.78 is 301. The van der Waals surface area contributed by atoms with Crippen molar-refractivity contribution in [2.24, 2.45) is 0 Å². The van der Waals surface area contributed by atoms with Gasteiger partial charge in [-0.2, -0.15) is 0 Å². The van der Waals surface area contributed by atoms with Gasteiger partial charge in [-0.15, -0.1) is 21.9 Å². The zero-order valence-corrected chi connectivity index (χ0v) is 38.6. The highest BCUT2D eigenvalue weighted by Gasteiger charge is 2.53. The van der Waals surface area contributed by atoms with Crippen molar-refractivity contribution in [1.29, 1.82) is 0 Å². The highest BCUT2D eigenvalue weighted by atomic mass is 35.5. The van der Waals surface area contributed by atoms with E-state index in [0.29, 0.717) is 5.02 Å². The Morgan fingerprint density at radius 2 is 0.513 bits per heavy atom. The largest absolute Gasteiger partial charge is 0.332 e. The van der Waals surface area contributed by atoms with Crippen molar-refractivity contribution >= 4 is 73.8 Å². The maximum absolute atomic E-state index is 15.4. The molecule has 1 nitrogen and oxygen atoms in total. The minimum absolute atomic E-state index is 0.617. The average molecular weight is 1120 g/mol. The molecule has 76 heavy (non-hydrogen) atoms. The zero-order chi connectivity index (χ0) is 55.5. The molecule has 0 saturated heterocycles. The molecule has 0 spiro atoms. The Labute approximate surface area is 419 Å². The van der Waals surface area contributed by atoms with Crippen LogP contribution < -0.4 is 42.3 Å². The van der Waals surface area contributed by atoms with Crippen LogP contribution in [0.2, 0.25) is 5.02 Å². The second-order valence-electron chi connectivity index (χ2n) is 16.1. The summed E-state index contributed by atoms with van der Waals surface area (Å²) in [4.78, 5) is 0. The molecule has 0 radical (unpaired) electrons. The van der Waals surface area contributed by atoms with Crippen LogP contribution in [0.1, 0.15) is 0 Å². The van der Waals surface area contributed by atoms with Gasteiger partial charge in [-0.3, -0.25) is 0 Å². The smallest absolute Gasteiger partial charge is 0.287 e. The zero-order valence-electron chi connectivity index (χ0n) is 37.0. The van der Waals surface area contributed by atoms with Crippen LogP contribution in [0.4, 0.5) is 87.8 Å². The van der Waals surface area contributed by atoms with Crippen molar-refractivity contribution in [2.75, 3.05) is 0 Å². The summed E-state index contributed by atoms with van der Waals surface area (Å²) in [5.41, 5.74) is -14.3. The van der Waals surface area contributed by atoms with Crippen molar-refractivity contribution in [2.45, 2.75) is 0 Å². The van der Waals surface area contributed by atoms with Gasteiger partial charge in [-0.05, 0) is 47.9 Å². The molecule has 0 unspecified atom stereocenters. The van der Waals surface area contributed by atoms with E-state index in [9.17, 15) is 52.7 Å². The highest BCUT2D eigenvalue weighted by Crippen LogP contribution is 2.58. The van der Waals surface area contributed by atoms with Gasteiger partial charge in [0.2, 0.25) is 5.75 Å². The van der Waals surface area contributed by atoms with E-state index >= 15 is 35.1 Å². The van der Waals surface area contributed by atoms with E-state index < -0.39 is 152 Å². The van der Waals surface area contributed by atoms with Gasteiger partial charge < -0.3 is 4.52 Å². The molecular formula is C52H21BClF20OP. The molecule has 0 N–H and O–H groups in total. The van der Waals surface area contributed by atoms with Gasteiger partial charge in [0, 0.05) is 5.39 Å². The number of benzene rings is 9. The second-order valence-corrected chi connectivity index (χ2v) is 19.5. The topological polar surface area (TPSA) is 9.23 Å². The first-order valence-corrected chi connectivity index (χ1v) is 23.2. The van der Waals surface area contributed by atoms with Crippen molar-refractivity contribution in [3.8, 4) is 5.75 Å². The highest BCUT2D eigenvalue weighted by molar-refractivity contribution is 7.92. The molecule has 0 amide bonds. The number of hydrogen-bond donors (Lipinski definition) is 0. The first-order chi connectivity index (χ1) is 36.0. The maximum Gasteiger partial charge on any atom is 0.287 e. The first kappa shape index (κ1) is 54.7. The lowest BCUT2D eigenvalue weighted by atomic mass is 9.12. The first-order valence-electron chi connectivity index (χ1n) is 21.2. The summed E-state index contributed by atoms with van der Waals surface area (Å²) in [6.45, 7) is 0. The van der Waals surface area contributed by atoms with Crippen LogP contribution in [0.3, 0.4) is 0 Å². The van der Waals surface area contributed by atoms with E-state index in [1.807, 2.05) is 42.5 Å². The number of halogens is 21. The molecule has 0 fully saturated rings. The fourth-order valence-electron chi connectivity index (χ4n) is 8.84. The third-order valence-electron chi connectivity index (χ3n) is 12.1. The molecule has 0 bridgehead atoms. The van der Waals surface area contributed by atoms with Crippen LogP contribution in [0.5, 0.6) is 5.75 Å². The van der Waals surface area contributed by atoms with Gasteiger partial charge in [-0.25, -0.2) is 87.8 Å². The SMILES string of the molecule is Clc1ccc2ccccc2c1O[P+](c1ccccc1)(c1ccccc1)c1ccccc1.Fc1c(F)c(F)c([B-](c2c(F)c(F)c(F)c(F)c2F)(c2c(F)c(F)c(F)c(F)c2F)c2c(F)c(F)c(F)c(F)c2F)c(F)c1F. The standard InChI is InChI=1S/C28H21ClOP.C24BF20/c29-27-21-20-22-12-10-11-19-26(22)28(27)30-31(23-13-4-1-5-14-23,24-15-6-2-7-16-24)25-17-8-3-9-18-25;26-5-1(6(27)14(35)21(42)13(5)34)25(2-7(28)15(36)22(43)16(37)8(2)29,3-9(30)17(38)23(44)18(39)10(3)31)4-11(32)19(40)24(45)20(41)12(4)33/h1-21H;/q+1;-1. The lowest BCUT2D eigenvalue weighted by Gasteiger charge is -2.44. The van der Waals surface area contributed by atoms with Gasteiger partial charge in [0.25, 0.3) is 7.49 Å². The Morgan fingerprint density at radius 3 is 0.789 bits per heavy atom. The Kier molecular flexibility index (Phi) is 15.0. The summed E-state index contributed by atoms with van der Waals surface area (Å²) >= 11 is 6.76. The maximum atomic E-state index is 15.4. The summed E-state index contributed by atoms with van der Waals surface area (Å²) in [5, 5.41) is 6.19. The van der Waals surface area contributed by atoms with Gasteiger partial charge in [-0.1, -0.05) is 96.5 Å². The lowest BCUT2D eigenvalue weighted by Crippen LogP contribution is -2.81. The minimum Gasteiger partial charge on any atom is -0.332 e. The average Bonchev–Trinajstić information content (AvgIpc) is 3.49. The monoisotopic (exact) mass is 1120 g/mol. The van der Waals surface area contributed by atoms with E-state index in [1.165, 1.54) is 0 Å². The molecule has 0 aliphatic carbocycles. The molecule has 0 saturated carbocycles. The van der Waals surface area contributed by atoms with E-state index in [0.717, 1.165) is 32.4 Å². The molecule has 0 aliphatic rings. The number of fused-ring (bicyclic) bond motifs is 1. The predicted octanol–water partition coefficient (Wildman–Crippen LogP) is 12.6. The van der Waals surface area contributed by atoms with E-state index in [-0.39, 0.29) is 0 Å². The van der Waals surface area contributed by atoms with Crippen LogP contribution in [0, 0.1) is 116 Å². The molecule has 9 rings (SSSR count). The molecule has 9 aromatic rings. The van der Waals surface area contributed by atoms with Gasteiger partial charge >= 0.3 is 0 Å². The number of rotatable bonds is 9. The molecule has 24 heteroatoms. The predicted molar refractivity (Wildman–Crippen MR) is 244 cm³/mol. The third-order valence-corrected chi connectivity index (χ3v) is 16.0. The van der Waals surface area contributed by atoms with Crippen LogP contribution in [-0.2, 0) is 0 Å². The Bertz CT molecular complexity index is 3280. The van der Waals surface area contributed by atoms with E-state index in [1.54, 1.807) is 0 Å². The van der Waals surface area contributed by atoms with Crippen molar-refractivity contribution in [3.05, 3.63) is 249 Å². The van der Waals surface area contributed by atoms with Gasteiger partial charge in [0.15, 0.2) is 69.8 Å². The quantitative estimate of drug-likeness (QED) is 0.0460. The van der Waals surface area contributed by atoms with Crippen LogP contribution in [0.25, 0.3) is 10.8 Å². The van der Waals surface area contributed by atoms with Crippen molar-refractivity contribution < 1.29 is 92.3 Å². The third kappa shape index (κ3) is 8.45. The molecule has 0 aliphatic heterocycles. The Balaban J connectivity index is 0.000000215. The van der Waals surface area contributed by atoms with Crippen molar-refractivity contribution in [3.63, 3.8) is 0 Å². The fourth-order valence-corrected chi connectivity index (χ4v) is 12.6. The summed E-state index contributed by atoms with van der Waals surface area (Å²) in [7, 11) is -2.49. The minimum atomic E-state index is -7.22. The van der Waals surface area contributed by atoms with Crippen LogP contribution >= 0.6 is 19.1 Å². The van der Waals surface area contributed by atoms with Crippen LogP contribution in [0.15, 0.2) is 127 Å². The fraction of sp³-hybridized carbons (Fsp3) is 0. The number of hydrogen-bond acceptors (Lipinski definition) is 1. The molecule has 0 atom stereocenters. The van der Waals surface area contributed by atoms with Crippen LogP contribution in [-0.4, -0.2) is 6.15 Å². The molecule has 0 heterocycles. The van der Waals surface area contributed by atoms with E-state index in [4.69, 9.17) is 16.1 Å². The molecule has 390 valence electrons. The molecular weight excluding hydrogens is 1100 g/mol. The summed E-state index contributed by atoms with van der Waals surface area (Å²) in [6, 6.07) is 43.7. The summed E-state index contributed by atoms with van der Waals surface area (Å²) in [5.74, 6) is -70.7. The Hall–Kier alpha value is -7.58. The second kappa shape index (κ2) is 20.9. The van der Waals surface area contributed by atoms with E-state index in [2.05, 4.69) is 84.9 Å². The summed E-state index contributed by atoms with van der Waals surface area (Å²) in [6.07, 6.45) is -7.22. The van der Waals surface area contributed by atoms with Gasteiger partial charge in [0.1, 0.15) is 68.6 Å². The van der Waals surface area contributed by atoms with Crippen molar-refractivity contribution in [1.82, 2.24) is 0 Å². The van der Waals surface area contributed by atoms with Gasteiger partial charge in [0.05, 0.1) is 5.02 Å². The molecule has 0 aromatic heterocycles.